The Balaban J connectivity index is 1.25. The van der Waals surface area contributed by atoms with Crippen LogP contribution in [0.3, 0.4) is 0 Å². The maximum atomic E-state index is 14.3. The molecular weight excluding hydrogens is 521 g/mol. The fraction of sp³-hybridized carbons (Fsp3) is 0.625. The highest BCUT2D eigenvalue weighted by molar-refractivity contribution is 5.97. The van der Waals surface area contributed by atoms with Gasteiger partial charge < -0.3 is 19.4 Å². The van der Waals surface area contributed by atoms with Gasteiger partial charge in [0.05, 0.1) is 11.8 Å². The van der Waals surface area contributed by atoms with Gasteiger partial charge in [-0.15, -0.1) is 0 Å². The largest absolute Gasteiger partial charge is 0.451 e. The third-order valence-electron chi connectivity index (χ3n) is 9.28. The molecule has 5 rings (SSSR count). The summed E-state index contributed by atoms with van der Waals surface area (Å²) in [7, 11) is 0. The van der Waals surface area contributed by atoms with E-state index in [0.717, 1.165) is 64.8 Å². The molecule has 2 aliphatic heterocycles. The lowest BCUT2D eigenvalue weighted by molar-refractivity contribution is -0.123. The van der Waals surface area contributed by atoms with Crippen molar-refractivity contribution in [2.45, 2.75) is 84.7 Å². The van der Waals surface area contributed by atoms with Gasteiger partial charge in [0.1, 0.15) is 23.7 Å². The van der Waals surface area contributed by atoms with E-state index < -0.39 is 5.82 Å². The highest BCUT2D eigenvalue weighted by Crippen LogP contribution is 2.44. The molecule has 1 aromatic heterocycles. The molecule has 0 bridgehead atoms. The van der Waals surface area contributed by atoms with Crippen molar-refractivity contribution >= 4 is 17.5 Å². The predicted molar refractivity (Wildman–Crippen MR) is 157 cm³/mol. The lowest BCUT2D eigenvalue weighted by Gasteiger charge is -2.44. The van der Waals surface area contributed by atoms with Crippen LogP contribution in [0.15, 0.2) is 30.7 Å². The van der Waals surface area contributed by atoms with Gasteiger partial charge in [0.2, 0.25) is 0 Å². The van der Waals surface area contributed by atoms with E-state index in [4.69, 9.17) is 4.74 Å². The molecule has 1 atom stereocenters. The summed E-state index contributed by atoms with van der Waals surface area (Å²) in [6, 6.07) is 3.97. The summed E-state index contributed by atoms with van der Waals surface area (Å²) in [6.45, 7) is 12.8. The van der Waals surface area contributed by atoms with Gasteiger partial charge in [-0.1, -0.05) is 0 Å². The van der Waals surface area contributed by atoms with E-state index in [-0.39, 0.29) is 23.6 Å². The van der Waals surface area contributed by atoms with Crippen molar-refractivity contribution in [1.29, 1.82) is 0 Å². The number of piperidine rings is 1. The molecule has 1 spiro atoms. The van der Waals surface area contributed by atoms with Crippen LogP contribution < -0.4 is 9.64 Å². The molecular formula is C32H44FN5O3. The molecule has 8 nitrogen and oxygen atoms in total. The maximum Gasteiger partial charge on any atom is 0.258 e. The van der Waals surface area contributed by atoms with Crippen LogP contribution in [0.2, 0.25) is 0 Å². The number of likely N-dealkylation sites (tertiary alicyclic amines) is 1. The second-order valence-electron chi connectivity index (χ2n) is 12.8. The van der Waals surface area contributed by atoms with Gasteiger partial charge in [-0.3, -0.25) is 9.59 Å². The van der Waals surface area contributed by atoms with Gasteiger partial charge in [0.25, 0.3) is 5.91 Å². The van der Waals surface area contributed by atoms with Gasteiger partial charge in [0.15, 0.2) is 11.6 Å². The smallest absolute Gasteiger partial charge is 0.258 e. The summed E-state index contributed by atoms with van der Waals surface area (Å²) in [5.41, 5.74) is 0.577. The molecule has 3 heterocycles. The molecule has 1 amide bonds. The zero-order chi connectivity index (χ0) is 29.1. The van der Waals surface area contributed by atoms with Crippen molar-refractivity contribution in [2.75, 3.05) is 37.6 Å². The zero-order valence-corrected chi connectivity index (χ0v) is 24.9. The number of carbonyl (C=O) groups is 2. The average Bonchev–Trinajstić information content (AvgIpc) is 3.41. The van der Waals surface area contributed by atoms with Crippen LogP contribution in [0.25, 0.3) is 0 Å². The van der Waals surface area contributed by atoms with Crippen molar-refractivity contribution in [3.8, 4) is 11.5 Å². The second kappa shape index (κ2) is 12.4. The molecule has 0 unspecified atom stereocenters. The van der Waals surface area contributed by atoms with Crippen molar-refractivity contribution in [3.05, 3.63) is 42.1 Å². The number of carbonyl (C=O) groups excluding carboxylic acids is 2. The fourth-order valence-electron chi connectivity index (χ4n) is 7.01. The molecule has 3 aliphatic rings. The van der Waals surface area contributed by atoms with Crippen LogP contribution in [-0.2, 0) is 4.79 Å². The summed E-state index contributed by atoms with van der Waals surface area (Å²) >= 11 is 0. The number of hydrogen-bond donors (Lipinski definition) is 0. The number of ether oxygens (including phenoxy) is 1. The van der Waals surface area contributed by atoms with Crippen LogP contribution >= 0.6 is 0 Å². The van der Waals surface area contributed by atoms with Crippen molar-refractivity contribution in [1.82, 2.24) is 19.8 Å². The molecule has 2 saturated heterocycles. The van der Waals surface area contributed by atoms with Crippen LogP contribution in [0, 0.1) is 17.2 Å². The summed E-state index contributed by atoms with van der Waals surface area (Å²) in [5, 5.41) is 0. The van der Waals surface area contributed by atoms with Crippen molar-refractivity contribution in [3.63, 3.8) is 0 Å². The van der Waals surface area contributed by atoms with Crippen molar-refractivity contribution < 1.29 is 18.7 Å². The Labute approximate surface area is 243 Å². The third kappa shape index (κ3) is 6.71. The lowest BCUT2D eigenvalue weighted by atomic mass is 9.68. The van der Waals surface area contributed by atoms with E-state index in [1.54, 1.807) is 11.1 Å². The number of benzene rings is 1. The van der Waals surface area contributed by atoms with Crippen molar-refractivity contribution in [2.24, 2.45) is 11.3 Å². The third-order valence-corrected chi connectivity index (χ3v) is 9.28. The van der Waals surface area contributed by atoms with Crippen LogP contribution in [0.4, 0.5) is 10.2 Å². The number of nitrogens with zero attached hydrogens (tertiary/aromatic N) is 5. The Kier molecular flexibility index (Phi) is 8.92. The van der Waals surface area contributed by atoms with E-state index in [1.807, 2.05) is 27.7 Å². The normalized spacial score (nSPS) is 21.2. The first-order chi connectivity index (χ1) is 19.6. The number of Topliss-reactive ketones (excluding diaryl/α,β-unsaturated/α-hetero) is 1. The molecule has 1 aliphatic carbocycles. The number of halogens is 1. The van der Waals surface area contributed by atoms with Gasteiger partial charge in [-0.25, -0.2) is 14.4 Å². The van der Waals surface area contributed by atoms with Gasteiger partial charge in [0, 0.05) is 44.6 Å². The Hall–Kier alpha value is -3.07. The maximum absolute atomic E-state index is 14.3. The lowest BCUT2D eigenvalue weighted by Crippen LogP contribution is -2.44. The predicted octanol–water partition coefficient (Wildman–Crippen LogP) is 5.72. The topological polar surface area (TPSA) is 78.9 Å². The second-order valence-corrected chi connectivity index (χ2v) is 12.8. The Morgan fingerprint density at radius 1 is 1.07 bits per heavy atom. The standard InChI is InChI=1S/C32H44FN5O3/c1-22(2)38(23(3)4)31(40)27-17-25(33)5-6-28(27)41-29-18-34-21-35-30(29)37-14-9-24(20-37)19-36-15-12-32(13-16-36)10-7-26(39)8-11-32/h5-6,17-18,21-24H,7-16,19-20H2,1-4H3/t24-/m0/s1. The number of aromatic nitrogens is 2. The first kappa shape index (κ1) is 29.4. The number of rotatable bonds is 8. The molecule has 2 aromatic rings. The van der Waals surface area contributed by atoms with E-state index in [2.05, 4.69) is 19.8 Å². The Morgan fingerprint density at radius 3 is 2.46 bits per heavy atom. The number of anilines is 1. The molecule has 0 N–H and O–H groups in total. The zero-order valence-electron chi connectivity index (χ0n) is 24.9. The van der Waals surface area contributed by atoms with Crippen LogP contribution in [0.5, 0.6) is 11.5 Å². The van der Waals surface area contributed by atoms with Gasteiger partial charge in [-0.2, -0.15) is 0 Å². The molecule has 1 saturated carbocycles. The van der Waals surface area contributed by atoms with E-state index in [0.29, 0.717) is 34.4 Å². The first-order valence-electron chi connectivity index (χ1n) is 15.2. The molecule has 0 radical (unpaired) electrons. The molecule has 1 aromatic carbocycles. The quantitative estimate of drug-likeness (QED) is 0.405. The minimum absolute atomic E-state index is 0.0481. The summed E-state index contributed by atoms with van der Waals surface area (Å²) in [4.78, 5) is 40.5. The van der Waals surface area contributed by atoms with Gasteiger partial charge >= 0.3 is 0 Å². The molecule has 222 valence electrons. The summed E-state index contributed by atoms with van der Waals surface area (Å²) < 4.78 is 20.6. The van der Waals surface area contributed by atoms with E-state index in [9.17, 15) is 14.0 Å². The monoisotopic (exact) mass is 565 g/mol. The average molecular weight is 566 g/mol. The summed E-state index contributed by atoms with van der Waals surface area (Å²) in [6.07, 6.45) is 10.3. The molecule has 41 heavy (non-hydrogen) atoms. The minimum atomic E-state index is -0.485. The Morgan fingerprint density at radius 2 is 1.78 bits per heavy atom. The highest BCUT2D eigenvalue weighted by Gasteiger charge is 2.38. The van der Waals surface area contributed by atoms with Crippen LogP contribution in [0.1, 0.15) is 83.0 Å². The SMILES string of the molecule is CC(C)N(C(=O)c1cc(F)ccc1Oc1cncnc1N1CC[C@@H](CN2CCC3(CCC(=O)CC3)CC2)C1)C(C)C. The minimum Gasteiger partial charge on any atom is -0.451 e. The number of amides is 1. The van der Waals surface area contributed by atoms with Crippen LogP contribution in [-0.4, -0.2) is 76.3 Å². The highest BCUT2D eigenvalue weighted by atomic mass is 19.1. The summed E-state index contributed by atoms with van der Waals surface area (Å²) in [5.74, 6) is 1.65. The first-order valence-corrected chi connectivity index (χ1v) is 15.2. The fourth-order valence-corrected chi connectivity index (χ4v) is 7.01. The van der Waals surface area contributed by atoms with E-state index >= 15 is 0 Å². The molecule has 9 heteroatoms. The number of hydrogen-bond acceptors (Lipinski definition) is 7. The Bertz CT molecular complexity index is 1220. The molecule has 3 fully saturated rings. The van der Waals surface area contributed by atoms with E-state index in [1.165, 1.54) is 37.4 Å². The number of ketones is 1. The van der Waals surface area contributed by atoms with Gasteiger partial charge in [-0.05, 0) is 102 Å².